The normalized spacial score (nSPS) is 18.6. The molecule has 24 heavy (non-hydrogen) atoms. The number of nitrogens with zero attached hydrogens (tertiary/aromatic N) is 1. The molecule has 0 N–H and O–H groups in total. The molecule has 0 spiro atoms. The van der Waals surface area contributed by atoms with Gasteiger partial charge in [-0.05, 0) is 29.8 Å². The van der Waals surface area contributed by atoms with Crippen LogP contribution in [0.5, 0.6) is 0 Å². The second kappa shape index (κ2) is 6.84. The molecule has 0 unspecified atom stereocenters. The highest BCUT2D eigenvalue weighted by Gasteiger charge is 2.27. The number of hydrogen-bond donors (Lipinski definition) is 0. The Balaban J connectivity index is 1.75. The molecule has 1 aromatic carbocycles. The maximum absolute atomic E-state index is 12.6. The van der Waals surface area contributed by atoms with Crippen LogP contribution in [0, 0.1) is 0 Å². The van der Waals surface area contributed by atoms with Gasteiger partial charge in [-0.1, -0.05) is 23.7 Å². The SMILES string of the molecule is CS(=O)(=O)c1ccc(C(=O)N2CCO[C@H](c3ccc(Cl)cc3)C2)s1. The lowest BCUT2D eigenvalue weighted by Gasteiger charge is -2.33. The van der Waals surface area contributed by atoms with Crippen LogP contribution >= 0.6 is 22.9 Å². The standard InChI is InChI=1S/C16H16ClNO4S2/c1-24(20,21)15-7-6-14(23-15)16(19)18-8-9-22-13(10-18)11-2-4-12(17)5-3-11/h2-7,13H,8-10H2,1H3/t13-/m0/s1. The molecule has 0 radical (unpaired) electrons. The molecule has 3 rings (SSSR count). The van der Waals surface area contributed by atoms with Gasteiger partial charge in [-0.25, -0.2) is 8.42 Å². The van der Waals surface area contributed by atoms with Gasteiger partial charge < -0.3 is 9.64 Å². The van der Waals surface area contributed by atoms with Crippen LogP contribution in [-0.4, -0.2) is 45.2 Å². The fourth-order valence-electron chi connectivity index (χ4n) is 2.50. The van der Waals surface area contributed by atoms with Gasteiger partial charge in [0.25, 0.3) is 5.91 Å². The average Bonchev–Trinajstić information content (AvgIpc) is 3.05. The Kier molecular flexibility index (Phi) is 4.96. The van der Waals surface area contributed by atoms with Crippen molar-refractivity contribution in [1.82, 2.24) is 4.90 Å². The number of carbonyl (C=O) groups excluding carboxylic acids is 1. The predicted octanol–water partition coefficient (Wildman–Crippen LogP) is 3.02. The highest BCUT2D eigenvalue weighted by molar-refractivity contribution is 7.92. The summed E-state index contributed by atoms with van der Waals surface area (Å²) in [6.45, 7) is 1.34. The molecule has 0 aliphatic carbocycles. The zero-order valence-electron chi connectivity index (χ0n) is 12.9. The molecule has 1 aliphatic heterocycles. The van der Waals surface area contributed by atoms with Crippen LogP contribution in [0.2, 0.25) is 5.02 Å². The second-order valence-corrected chi connectivity index (χ2v) is 9.32. The van der Waals surface area contributed by atoms with Crippen LogP contribution in [0.1, 0.15) is 21.3 Å². The number of benzene rings is 1. The van der Waals surface area contributed by atoms with Crippen molar-refractivity contribution >= 4 is 38.7 Å². The number of morpholine rings is 1. The fourth-order valence-corrected chi connectivity index (χ4v) is 4.52. The lowest BCUT2D eigenvalue weighted by molar-refractivity contribution is -0.0226. The van der Waals surface area contributed by atoms with Crippen LogP contribution in [0.25, 0.3) is 0 Å². The molecule has 1 aliphatic rings. The van der Waals surface area contributed by atoms with Gasteiger partial charge in [-0.15, -0.1) is 11.3 Å². The Morgan fingerprint density at radius 1 is 1.25 bits per heavy atom. The first-order valence-corrected chi connectivity index (χ1v) is 10.4. The van der Waals surface area contributed by atoms with E-state index in [0.29, 0.717) is 29.6 Å². The van der Waals surface area contributed by atoms with E-state index in [1.54, 1.807) is 23.1 Å². The van der Waals surface area contributed by atoms with Crippen molar-refractivity contribution in [2.45, 2.75) is 10.3 Å². The summed E-state index contributed by atoms with van der Waals surface area (Å²) in [4.78, 5) is 14.8. The maximum Gasteiger partial charge on any atom is 0.264 e. The van der Waals surface area contributed by atoms with Crippen LogP contribution in [0.4, 0.5) is 0 Å². The molecule has 8 heteroatoms. The molecule has 1 fully saturated rings. The van der Waals surface area contributed by atoms with Crippen molar-refractivity contribution in [2.24, 2.45) is 0 Å². The third-order valence-electron chi connectivity index (χ3n) is 3.75. The van der Waals surface area contributed by atoms with E-state index in [1.807, 2.05) is 12.1 Å². The number of thiophene rings is 1. The van der Waals surface area contributed by atoms with Gasteiger partial charge in [-0.3, -0.25) is 4.79 Å². The number of sulfone groups is 1. The molecule has 0 bridgehead atoms. The highest BCUT2D eigenvalue weighted by atomic mass is 35.5. The van der Waals surface area contributed by atoms with Gasteiger partial charge in [0.1, 0.15) is 10.3 Å². The van der Waals surface area contributed by atoms with Crippen LogP contribution < -0.4 is 0 Å². The Morgan fingerprint density at radius 2 is 1.96 bits per heavy atom. The Bertz CT molecular complexity index is 845. The summed E-state index contributed by atoms with van der Waals surface area (Å²) in [6.07, 6.45) is 0.924. The molecule has 0 saturated carbocycles. The Morgan fingerprint density at radius 3 is 2.58 bits per heavy atom. The minimum atomic E-state index is -3.29. The van der Waals surface area contributed by atoms with Gasteiger partial charge in [0.15, 0.2) is 9.84 Å². The second-order valence-electron chi connectivity index (χ2n) is 5.55. The average molecular weight is 386 g/mol. The van der Waals surface area contributed by atoms with Gasteiger partial charge in [0, 0.05) is 17.8 Å². The highest BCUT2D eigenvalue weighted by Crippen LogP contribution is 2.27. The van der Waals surface area contributed by atoms with Crippen molar-refractivity contribution in [2.75, 3.05) is 26.0 Å². The molecule has 128 valence electrons. The third kappa shape index (κ3) is 3.80. The summed E-state index contributed by atoms with van der Waals surface area (Å²) >= 11 is 6.90. The quantitative estimate of drug-likeness (QED) is 0.814. The van der Waals surface area contributed by atoms with E-state index >= 15 is 0 Å². The van der Waals surface area contributed by atoms with E-state index in [4.69, 9.17) is 16.3 Å². The van der Waals surface area contributed by atoms with Crippen molar-refractivity contribution in [3.63, 3.8) is 0 Å². The summed E-state index contributed by atoms with van der Waals surface area (Å²) in [5, 5.41) is 0.648. The predicted molar refractivity (Wildman–Crippen MR) is 93.5 cm³/mol. The van der Waals surface area contributed by atoms with E-state index in [0.717, 1.165) is 23.2 Å². The first-order chi connectivity index (χ1) is 11.3. The van der Waals surface area contributed by atoms with E-state index in [9.17, 15) is 13.2 Å². The van der Waals surface area contributed by atoms with E-state index in [2.05, 4.69) is 0 Å². The van der Waals surface area contributed by atoms with Crippen LogP contribution in [0.3, 0.4) is 0 Å². The monoisotopic (exact) mass is 385 g/mol. The number of hydrogen-bond acceptors (Lipinski definition) is 5. The van der Waals surface area contributed by atoms with Crippen molar-refractivity contribution in [3.8, 4) is 0 Å². The number of halogens is 1. The molecule has 1 saturated heterocycles. The Labute approximate surface area is 149 Å². The third-order valence-corrected chi connectivity index (χ3v) is 6.90. The smallest absolute Gasteiger partial charge is 0.264 e. The molecular weight excluding hydrogens is 370 g/mol. The maximum atomic E-state index is 12.6. The summed E-state index contributed by atoms with van der Waals surface area (Å²) in [7, 11) is -3.29. The van der Waals surface area contributed by atoms with Crippen molar-refractivity contribution in [1.29, 1.82) is 0 Å². The molecule has 5 nitrogen and oxygen atoms in total. The lowest BCUT2D eigenvalue weighted by Crippen LogP contribution is -2.42. The van der Waals surface area contributed by atoms with E-state index < -0.39 is 9.84 Å². The summed E-state index contributed by atoms with van der Waals surface area (Å²) < 4.78 is 29.1. The number of ether oxygens (including phenoxy) is 1. The molecule has 2 aromatic rings. The van der Waals surface area contributed by atoms with Gasteiger partial charge in [0.2, 0.25) is 0 Å². The van der Waals surface area contributed by atoms with Gasteiger partial charge in [-0.2, -0.15) is 0 Å². The van der Waals surface area contributed by atoms with Crippen molar-refractivity contribution < 1.29 is 17.9 Å². The minimum Gasteiger partial charge on any atom is -0.370 e. The topological polar surface area (TPSA) is 63.7 Å². The molecule has 2 heterocycles. The first kappa shape index (κ1) is 17.4. The van der Waals surface area contributed by atoms with E-state index in [1.165, 1.54) is 6.07 Å². The fraction of sp³-hybridized carbons (Fsp3) is 0.312. The molecular formula is C16H16ClNO4S2. The largest absolute Gasteiger partial charge is 0.370 e. The number of amides is 1. The van der Waals surface area contributed by atoms with Crippen LogP contribution in [0.15, 0.2) is 40.6 Å². The summed E-state index contributed by atoms with van der Waals surface area (Å²) in [5.41, 5.74) is 0.958. The van der Waals surface area contributed by atoms with Crippen molar-refractivity contribution in [3.05, 3.63) is 51.9 Å². The zero-order valence-corrected chi connectivity index (χ0v) is 15.3. The number of carbonyl (C=O) groups is 1. The first-order valence-electron chi connectivity index (χ1n) is 7.31. The van der Waals surface area contributed by atoms with Gasteiger partial charge in [0.05, 0.1) is 18.0 Å². The summed E-state index contributed by atoms with van der Waals surface area (Å²) in [6, 6.07) is 10.4. The van der Waals surface area contributed by atoms with Gasteiger partial charge >= 0.3 is 0 Å². The molecule has 1 amide bonds. The van der Waals surface area contributed by atoms with Crippen LogP contribution in [-0.2, 0) is 14.6 Å². The Hall–Kier alpha value is -1.41. The molecule has 1 aromatic heterocycles. The minimum absolute atomic E-state index is 0.169. The summed E-state index contributed by atoms with van der Waals surface area (Å²) in [5.74, 6) is -0.169. The molecule has 1 atom stereocenters. The number of rotatable bonds is 3. The zero-order chi connectivity index (χ0) is 17.3. The lowest BCUT2D eigenvalue weighted by atomic mass is 10.1. The van der Waals surface area contributed by atoms with E-state index in [-0.39, 0.29) is 16.2 Å².